The lowest BCUT2D eigenvalue weighted by molar-refractivity contribution is -0.224. The first-order valence-corrected chi connectivity index (χ1v) is 15.2. The van der Waals surface area contributed by atoms with Crippen molar-refractivity contribution in [3.8, 4) is 0 Å². The molecule has 0 aromatic heterocycles. The molecule has 2 rings (SSSR count). The molecule has 4 atom stereocenters. The van der Waals surface area contributed by atoms with Gasteiger partial charge in [-0.15, -0.1) is 0 Å². The lowest BCUT2D eigenvalue weighted by Crippen LogP contribution is -2.52. The van der Waals surface area contributed by atoms with Gasteiger partial charge in [-0.05, 0) is 13.8 Å². The molecule has 2 heterocycles. The molecule has 2 aliphatic heterocycles. The molecule has 0 bridgehead atoms. The molecule has 0 saturated carbocycles. The number of nitrogens with one attached hydrogen (secondary N) is 1. The third-order valence-electron chi connectivity index (χ3n) is 4.50. The van der Waals surface area contributed by atoms with Gasteiger partial charge in [0, 0.05) is 19.4 Å². The highest BCUT2D eigenvalue weighted by atomic mass is 32.5. The predicted octanol–water partition coefficient (Wildman–Crippen LogP) is -0.873. The highest BCUT2D eigenvalue weighted by Gasteiger charge is 2.60. The standard InChI is InChI=1S/C15H27N2O14P3S/c1-9(2)30-34(25,35)31-13-12(26-4)14(17-6-5-11(18)16-10(17)3)29-15(13,7-27-32(19,20)21)8-28-33(22,23)24/h5-6,9,12-14H,3,7-8H2,1-2,4H3,(H,16,18)(H,25,35)(H2,19,20,21)(H2,22,23,24)/p-1/t12-,13?,14+,34?/m0/s1. The van der Waals surface area contributed by atoms with Crippen LogP contribution in [0.3, 0.4) is 0 Å². The van der Waals surface area contributed by atoms with Gasteiger partial charge in [0.25, 0.3) is 5.91 Å². The summed E-state index contributed by atoms with van der Waals surface area (Å²) in [6.45, 7) is 0.155. The van der Waals surface area contributed by atoms with E-state index in [0.29, 0.717) is 0 Å². The lowest BCUT2D eigenvalue weighted by atomic mass is 9.97. The van der Waals surface area contributed by atoms with Crippen LogP contribution in [0.2, 0.25) is 0 Å². The number of carbonyl (C=O) groups is 1. The second kappa shape index (κ2) is 11.4. The molecule has 2 aliphatic rings. The van der Waals surface area contributed by atoms with E-state index in [1.807, 2.05) is 0 Å². The van der Waals surface area contributed by atoms with Gasteiger partial charge in [0.05, 0.1) is 19.3 Å². The maximum absolute atomic E-state index is 12.9. The number of hydrogen-bond donors (Lipinski definition) is 5. The summed E-state index contributed by atoms with van der Waals surface area (Å²) in [5, 5.41) is 2.40. The van der Waals surface area contributed by atoms with E-state index in [1.54, 1.807) is 0 Å². The van der Waals surface area contributed by atoms with Crippen LogP contribution in [0, 0.1) is 0 Å². The Bertz CT molecular complexity index is 954. The van der Waals surface area contributed by atoms with Crippen LogP contribution >= 0.6 is 22.4 Å². The number of ether oxygens (including phenoxy) is 2. The molecule has 0 spiro atoms. The molecule has 1 fully saturated rings. The fourth-order valence-electron chi connectivity index (χ4n) is 3.24. The molecule has 0 aromatic carbocycles. The molecular weight excluding hydrogens is 557 g/mol. The smallest absolute Gasteiger partial charge is 0.469 e. The van der Waals surface area contributed by atoms with E-state index in [-0.39, 0.29) is 5.82 Å². The number of nitrogens with zero attached hydrogens (tertiary/aromatic N) is 1. The minimum Gasteiger partial charge on any atom is -0.780 e. The normalized spacial score (nSPS) is 26.8. The van der Waals surface area contributed by atoms with Gasteiger partial charge in [-0.3, -0.25) is 13.8 Å². The molecule has 35 heavy (non-hydrogen) atoms. The summed E-state index contributed by atoms with van der Waals surface area (Å²) >= 11 is 4.92. The van der Waals surface area contributed by atoms with Crippen LogP contribution in [0.15, 0.2) is 24.7 Å². The number of hydrogen-bond acceptors (Lipinski definition) is 12. The largest absolute Gasteiger partial charge is 0.780 e. The minimum absolute atomic E-state index is 0.0223. The summed E-state index contributed by atoms with van der Waals surface area (Å²) in [7, 11) is -9.19. The zero-order chi connectivity index (χ0) is 26.8. The Morgan fingerprint density at radius 2 is 1.80 bits per heavy atom. The van der Waals surface area contributed by atoms with Gasteiger partial charge in [-0.2, -0.15) is 0 Å². The lowest BCUT2D eigenvalue weighted by Gasteiger charge is -2.39. The molecule has 2 unspecified atom stereocenters. The number of carbonyl (C=O) groups excluding carboxylic acids is 1. The summed E-state index contributed by atoms with van der Waals surface area (Å²) in [6.07, 6.45) is -2.72. The summed E-state index contributed by atoms with van der Waals surface area (Å²) < 4.78 is 54.0. The summed E-state index contributed by atoms with van der Waals surface area (Å²) in [5.74, 6) is -0.543. The Morgan fingerprint density at radius 3 is 2.23 bits per heavy atom. The van der Waals surface area contributed by atoms with Crippen LogP contribution in [0.5, 0.6) is 0 Å². The van der Waals surface area contributed by atoms with Gasteiger partial charge in [0.1, 0.15) is 30.3 Å². The van der Waals surface area contributed by atoms with Gasteiger partial charge in [-0.25, -0.2) is 9.13 Å². The van der Waals surface area contributed by atoms with Crippen LogP contribution in [0.1, 0.15) is 13.8 Å². The van der Waals surface area contributed by atoms with Crippen molar-refractivity contribution in [3.63, 3.8) is 0 Å². The maximum Gasteiger partial charge on any atom is 0.469 e. The second-order valence-corrected chi connectivity index (χ2v) is 12.7. The first kappa shape index (κ1) is 30.6. The van der Waals surface area contributed by atoms with Gasteiger partial charge in [-0.1, -0.05) is 18.4 Å². The summed E-state index contributed by atoms with van der Waals surface area (Å²) in [4.78, 5) is 62.7. The number of rotatable bonds is 12. The van der Waals surface area contributed by atoms with Crippen LogP contribution in [0.25, 0.3) is 0 Å². The van der Waals surface area contributed by atoms with E-state index >= 15 is 0 Å². The highest BCUT2D eigenvalue weighted by molar-refractivity contribution is 8.06. The van der Waals surface area contributed by atoms with Crippen molar-refractivity contribution in [1.82, 2.24) is 10.2 Å². The van der Waals surface area contributed by atoms with Crippen molar-refractivity contribution in [1.29, 1.82) is 0 Å². The molecule has 16 nitrogen and oxygen atoms in total. The van der Waals surface area contributed by atoms with Crippen LogP contribution in [-0.4, -0.2) is 80.8 Å². The zero-order valence-corrected chi connectivity index (χ0v) is 22.2. The van der Waals surface area contributed by atoms with Gasteiger partial charge in [0.2, 0.25) is 0 Å². The van der Waals surface area contributed by atoms with Crippen LogP contribution in [0.4, 0.5) is 0 Å². The number of amides is 1. The first-order valence-electron chi connectivity index (χ1n) is 9.63. The molecule has 1 amide bonds. The Labute approximate surface area is 205 Å². The third kappa shape index (κ3) is 8.75. The van der Waals surface area contributed by atoms with Crippen molar-refractivity contribution >= 4 is 40.1 Å². The van der Waals surface area contributed by atoms with Crippen molar-refractivity contribution in [2.75, 3.05) is 20.3 Å². The second-order valence-electron chi connectivity index (χ2n) is 7.59. The number of phosphoric ester groups is 2. The monoisotopic (exact) mass is 583 g/mol. The van der Waals surface area contributed by atoms with Crippen LogP contribution < -0.4 is 10.2 Å². The molecule has 1 saturated heterocycles. The van der Waals surface area contributed by atoms with Gasteiger partial charge in [0.15, 0.2) is 6.23 Å². The Hall–Kier alpha value is -0.580. The van der Waals surface area contributed by atoms with Gasteiger partial charge < -0.3 is 53.2 Å². The minimum atomic E-state index is -5.18. The summed E-state index contributed by atoms with van der Waals surface area (Å²) in [6, 6.07) is 0. The highest BCUT2D eigenvalue weighted by Crippen LogP contribution is 2.51. The molecular formula is C15H26N2O14P3S-. The molecule has 5 N–H and O–H groups in total. The Balaban J connectivity index is 2.59. The van der Waals surface area contributed by atoms with E-state index in [1.165, 1.54) is 32.1 Å². The van der Waals surface area contributed by atoms with E-state index in [4.69, 9.17) is 30.3 Å². The SMILES string of the molecule is C=C1NC(=O)C=CN1[C@@H]1OC(COP(=O)(O)O)(COP(=O)(O)O)C(OP([O-])(=S)OC(C)C)[C@@H]1OC. The van der Waals surface area contributed by atoms with E-state index in [9.17, 15) is 38.4 Å². The Kier molecular flexibility index (Phi) is 10.0. The van der Waals surface area contributed by atoms with E-state index in [2.05, 4.69) is 20.9 Å². The maximum atomic E-state index is 12.9. The number of phosphoric acid groups is 2. The third-order valence-corrected chi connectivity index (χ3v) is 7.11. The van der Waals surface area contributed by atoms with Crippen molar-refractivity contribution in [2.45, 2.75) is 44.0 Å². The molecule has 0 aliphatic carbocycles. The molecule has 0 radical (unpaired) electrons. The molecule has 0 aromatic rings. The van der Waals surface area contributed by atoms with E-state index < -0.39 is 71.6 Å². The topological polar surface area (TPSA) is 226 Å². The molecule has 202 valence electrons. The average molecular weight is 583 g/mol. The van der Waals surface area contributed by atoms with E-state index in [0.717, 1.165) is 6.08 Å². The van der Waals surface area contributed by atoms with Crippen molar-refractivity contribution in [2.24, 2.45) is 0 Å². The average Bonchev–Trinajstić information content (AvgIpc) is 2.95. The van der Waals surface area contributed by atoms with Crippen molar-refractivity contribution < 1.29 is 66.0 Å². The van der Waals surface area contributed by atoms with Gasteiger partial charge >= 0.3 is 15.6 Å². The van der Waals surface area contributed by atoms with Crippen molar-refractivity contribution in [3.05, 3.63) is 24.7 Å². The summed E-state index contributed by atoms with van der Waals surface area (Å²) in [5.41, 5.74) is -2.28. The zero-order valence-electron chi connectivity index (χ0n) is 18.7. The number of methoxy groups -OCH3 is 1. The Morgan fingerprint density at radius 1 is 1.26 bits per heavy atom. The quantitative estimate of drug-likeness (QED) is 0.176. The first-order chi connectivity index (χ1) is 15.9. The fraction of sp³-hybridized carbons (Fsp3) is 0.667. The predicted molar refractivity (Wildman–Crippen MR) is 118 cm³/mol. The fourth-order valence-corrected chi connectivity index (χ4v) is 5.97. The van der Waals surface area contributed by atoms with Crippen LogP contribution in [-0.2, 0) is 53.3 Å². The molecule has 20 heteroatoms.